The van der Waals surface area contributed by atoms with Crippen LogP contribution in [0.5, 0.6) is 0 Å². The smallest absolute Gasteiger partial charge is 0.0235 e. The fourth-order valence-corrected chi connectivity index (χ4v) is 4.65. The second-order valence-corrected chi connectivity index (χ2v) is 8.23. The van der Waals surface area contributed by atoms with Crippen LogP contribution in [0, 0.1) is 5.41 Å². The number of nitrogens with zero attached hydrogens (tertiary/aromatic N) is 2. The van der Waals surface area contributed by atoms with Crippen LogP contribution in [0.1, 0.15) is 58.8 Å². The molecule has 0 bridgehead atoms. The van der Waals surface area contributed by atoms with Gasteiger partial charge in [0.15, 0.2) is 0 Å². The van der Waals surface area contributed by atoms with Crippen LogP contribution in [0.3, 0.4) is 0 Å². The maximum Gasteiger partial charge on any atom is 0.0235 e. The average Bonchev–Trinajstić information content (AvgIpc) is 2.88. The molecule has 0 aromatic carbocycles. The lowest BCUT2D eigenvalue weighted by Crippen LogP contribution is -2.47. The first-order chi connectivity index (χ1) is 9.53. The SMILES string of the molecule is CC1(C)CCCC(N2CCC(N3CCC(N)CC3)C2)C1. The van der Waals surface area contributed by atoms with Crippen LogP contribution in [0.2, 0.25) is 0 Å². The number of hydrogen-bond donors (Lipinski definition) is 1. The van der Waals surface area contributed by atoms with Crippen LogP contribution < -0.4 is 5.73 Å². The van der Waals surface area contributed by atoms with Crippen molar-refractivity contribution in [2.45, 2.75) is 76.9 Å². The van der Waals surface area contributed by atoms with E-state index in [1.807, 2.05) is 0 Å². The highest BCUT2D eigenvalue weighted by Crippen LogP contribution is 2.38. The summed E-state index contributed by atoms with van der Waals surface area (Å²) in [6.07, 6.45) is 9.47. The van der Waals surface area contributed by atoms with E-state index >= 15 is 0 Å². The summed E-state index contributed by atoms with van der Waals surface area (Å²) in [6.45, 7) is 10.0. The molecule has 2 saturated heterocycles. The molecule has 3 heteroatoms. The summed E-state index contributed by atoms with van der Waals surface area (Å²) in [7, 11) is 0. The van der Waals surface area contributed by atoms with E-state index in [0.717, 1.165) is 12.1 Å². The lowest BCUT2D eigenvalue weighted by molar-refractivity contribution is 0.0978. The van der Waals surface area contributed by atoms with Gasteiger partial charge in [0.1, 0.15) is 0 Å². The van der Waals surface area contributed by atoms with Gasteiger partial charge in [-0.15, -0.1) is 0 Å². The molecule has 1 aliphatic carbocycles. The molecule has 116 valence electrons. The predicted molar refractivity (Wildman–Crippen MR) is 84.8 cm³/mol. The lowest BCUT2D eigenvalue weighted by atomic mass is 9.75. The van der Waals surface area contributed by atoms with Crippen molar-refractivity contribution in [3.63, 3.8) is 0 Å². The van der Waals surface area contributed by atoms with Gasteiger partial charge in [0.05, 0.1) is 0 Å². The van der Waals surface area contributed by atoms with Crippen molar-refractivity contribution in [3.8, 4) is 0 Å². The minimum atomic E-state index is 0.461. The molecule has 0 spiro atoms. The lowest BCUT2D eigenvalue weighted by Gasteiger charge is -2.40. The molecule has 2 atom stereocenters. The van der Waals surface area contributed by atoms with Crippen molar-refractivity contribution in [2.75, 3.05) is 26.2 Å². The Morgan fingerprint density at radius 2 is 1.60 bits per heavy atom. The van der Waals surface area contributed by atoms with E-state index in [-0.39, 0.29) is 0 Å². The summed E-state index contributed by atoms with van der Waals surface area (Å²) < 4.78 is 0. The van der Waals surface area contributed by atoms with Gasteiger partial charge in [-0.1, -0.05) is 20.3 Å². The van der Waals surface area contributed by atoms with Gasteiger partial charge in [0, 0.05) is 31.2 Å². The van der Waals surface area contributed by atoms with Gasteiger partial charge in [0.2, 0.25) is 0 Å². The monoisotopic (exact) mass is 279 g/mol. The zero-order valence-electron chi connectivity index (χ0n) is 13.5. The Kier molecular flexibility index (Phi) is 4.40. The average molecular weight is 279 g/mol. The summed E-state index contributed by atoms with van der Waals surface area (Å²) in [5, 5.41) is 0. The van der Waals surface area contributed by atoms with Crippen LogP contribution in [-0.2, 0) is 0 Å². The van der Waals surface area contributed by atoms with E-state index < -0.39 is 0 Å². The highest BCUT2D eigenvalue weighted by molar-refractivity contribution is 4.92. The fourth-order valence-electron chi connectivity index (χ4n) is 4.65. The Morgan fingerprint density at radius 3 is 2.30 bits per heavy atom. The van der Waals surface area contributed by atoms with Gasteiger partial charge in [-0.3, -0.25) is 9.80 Å². The quantitative estimate of drug-likeness (QED) is 0.843. The molecule has 20 heavy (non-hydrogen) atoms. The second-order valence-electron chi connectivity index (χ2n) is 8.23. The van der Waals surface area contributed by atoms with Gasteiger partial charge in [-0.25, -0.2) is 0 Å². The molecule has 0 radical (unpaired) electrons. The first kappa shape index (κ1) is 14.8. The summed E-state index contributed by atoms with van der Waals surface area (Å²) in [5.41, 5.74) is 6.60. The topological polar surface area (TPSA) is 32.5 Å². The molecule has 0 aromatic heterocycles. The van der Waals surface area contributed by atoms with Gasteiger partial charge < -0.3 is 5.73 Å². The Hall–Kier alpha value is -0.120. The van der Waals surface area contributed by atoms with E-state index in [2.05, 4.69) is 23.6 Å². The molecular weight excluding hydrogens is 246 g/mol. The normalized spacial score (nSPS) is 37.4. The Morgan fingerprint density at radius 1 is 0.900 bits per heavy atom. The van der Waals surface area contributed by atoms with Gasteiger partial charge >= 0.3 is 0 Å². The van der Waals surface area contributed by atoms with Crippen molar-refractivity contribution in [2.24, 2.45) is 11.1 Å². The predicted octanol–water partition coefficient (Wildman–Crippen LogP) is 2.45. The Balaban J connectivity index is 1.51. The third kappa shape index (κ3) is 3.37. The summed E-state index contributed by atoms with van der Waals surface area (Å²) in [4.78, 5) is 5.53. The van der Waals surface area contributed by atoms with Crippen LogP contribution in [0.15, 0.2) is 0 Å². The second kappa shape index (κ2) is 5.94. The highest BCUT2D eigenvalue weighted by Gasteiger charge is 2.36. The van der Waals surface area contributed by atoms with Crippen LogP contribution >= 0.6 is 0 Å². The maximum absolute atomic E-state index is 6.03. The third-order valence-electron chi connectivity index (χ3n) is 5.98. The van der Waals surface area contributed by atoms with Crippen molar-refractivity contribution in [1.82, 2.24) is 9.80 Å². The zero-order chi connectivity index (χ0) is 14.2. The van der Waals surface area contributed by atoms with Crippen molar-refractivity contribution in [1.29, 1.82) is 0 Å². The van der Waals surface area contributed by atoms with E-state index in [0.29, 0.717) is 11.5 Å². The molecule has 0 aromatic rings. The van der Waals surface area contributed by atoms with Crippen LogP contribution in [-0.4, -0.2) is 54.1 Å². The van der Waals surface area contributed by atoms with Crippen molar-refractivity contribution < 1.29 is 0 Å². The molecular formula is C17H33N3. The van der Waals surface area contributed by atoms with E-state index in [1.54, 1.807) is 0 Å². The van der Waals surface area contributed by atoms with Crippen molar-refractivity contribution >= 4 is 0 Å². The number of rotatable bonds is 2. The number of nitrogens with two attached hydrogens (primary N) is 1. The summed E-state index contributed by atoms with van der Waals surface area (Å²) >= 11 is 0. The number of hydrogen-bond acceptors (Lipinski definition) is 3. The van der Waals surface area contributed by atoms with Crippen LogP contribution in [0.25, 0.3) is 0 Å². The molecule has 2 aliphatic heterocycles. The molecule has 3 nitrogen and oxygen atoms in total. The van der Waals surface area contributed by atoms with Gasteiger partial charge in [0.25, 0.3) is 0 Å². The number of piperidine rings is 1. The largest absolute Gasteiger partial charge is 0.328 e. The highest BCUT2D eigenvalue weighted by atomic mass is 15.3. The molecule has 3 aliphatic rings. The van der Waals surface area contributed by atoms with E-state index in [1.165, 1.54) is 71.1 Å². The van der Waals surface area contributed by atoms with Crippen LogP contribution in [0.4, 0.5) is 0 Å². The third-order valence-corrected chi connectivity index (χ3v) is 5.98. The minimum Gasteiger partial charge on any atom is -0.328 e. The summed E-state index contributed by atoms with van der Waals surface area (Å²) in [5.74, 6) is 0. The first-order valence-corrected chi connectivity index (χ1v) is 8.77. The first-order valence-electron chi connectivity index (χ1n) is 8.77. The molecule has 0 amide bonds. The molecule has 1 saturated carbocycles. The summed E-state index contributed by atoms with van der Waals surface area (Å²) in [6, 6.07) is 2.13. The Labute approximate surface area is 124 Å². The molecule has 2 heterocycles. The molecule has 3 fully saturated rings. The molecule has 2 N–H and O–H groups in total. The van der Waals surface area contributed by atoms with E-state index in [9.17, 15) is 0 Å². The molecule has 3 rings (SSSR count). The number of likely N-dealkylation sites (tertiary alicyclic amines) is 2. The van der Waals surface area contributed by atoms with Gasteiger partial charge in [-0.05, 0) is 57.0 Å². The maximum atomic E-state index is 6.03. The standard InChI is InChI=1S/C17H33N3/c1-17(2)8-3-4-15(12-17)20-11-7-16(13-20)19-9-5-14(18)6-10-19/h14-16H,3-13,18H2,1-2H3. The van der Waals surface area contributed by atoms with Gasteiger partial charge in [-0.2, -0.15) is 0 Å². The Bertz CT molecular complexity index is 320. The van der Waals surface area contributed by atoms with Crippen molar-refractivity contribution in [3.05, 3.63) is 0 Å². The fraction of sp³-hybridized carbons (Fsp3) is 1.00. The molecule has 2 unspecified atom stereocenters. The zero-order valence-corrected chi connectivity index (χ0v) is 13.5. The minimum absolute atomic E-state index is 0.461. The van der Waals surface area contributed by atoms with E-state index in [4.69, 9.17) is 5.73 Å².